The van der Waals surface area contributed by atoms with Crippen molar-refractivity contribution in [3.8, 4) is 0 Å². The van der Waals surface area contributed by atoms with Crippen LogP contribution in [0.25, 0.3) is 6.08 Å². The Morgan fingerprint density at radius 2 is 1.51 bits per heavy atom. The summed E-state index contributed by atoms with van der Waals surface area (Å²) in [5, 5.41) is 2.30. The number of hydrogen-bond donors (Lipinski definition) is 0. The normalized spacial score (nSPS) is 22.7. The van der Waals surface area contributed by atoms with Crippen molar-refractivity contribution in [3.63, 3.8) is 0 Å². The van der Waals surface area contributed by atoms with E-state index in [1.54, 1.807) is 36.4 Å². The van der Waals surface area contributed by atoms with Crippen LogP contribution in [0.4, 0.5) is 5.69 Å². The van der Waals surface area contributed by atoms with Crippen molar-refractivity contribution >= 4 is 52.1 Å². The van der Waals surface area contributed by atoms with Gasteiger partial charge >= 0.3 is 0 Å². The quantitative estimate of drug-likeness (QED) is 0.222. The number of fused-ring (bicyclic) bond motifs is 5. The molecule has 0 radical (unpaired) electrons. The molecular formula is C31H20ClNO3S. The molecule has 1 spiro atoms. The zero-order valence-corrected chi connectivity index (χ0v) is 21.1. The van der Waals surface area contributed by atoms with E-state index >= 15 is 0 Å². The third-order valence-electron chi connectivity index (χ3n) is 7.99. The van der Waals surface area contributed by atoms with Gasteiger partial charge in [0.05, 0.1) is 10.9 Å². The zero-order valence-electron chi connectivity index (χ0n) is 19.5. The zero-order chi connectivity index (χ0) is 25.3. The fraction of sp³-hybridized carbons (Fsp3) is 0.129. The number of benzene rings is 3. The Balaban J connectivity index is 1.58. The van der Waals surface area contributed by atoms with E-state index in [9.17, 15) is 14.4 Å². The van der Waals surface area contributed by atoms with Crippen molar-refractivity contribution < 1.29 is 14.4 Å². The smallest absolute Gasteiger partial charge is 0.195 e. The van der Waals surface area contributed by atoms with Crippen molar-refractivity contribution in [3.05, 3.63) is 129 Å². The number of para-hydroxylation sites is 1. The molecule has 1 aliphatic carbocycles. The van der Waals surface area contributed by atoms with E-state index in [1.807, 2.05) is 71.0 Å². The molecule has 1 saturated heterocycles. The van der Waals surface area contributed by atoms with Gasteiger partial charge < -0.3 is 4.90 Å². The van der Waals surface area contributed by atoms with Gasteiger partial charge in [-0.2, -0.15) is 0 Å². The summed E-state index contributed by atoms with van der Waals surface area (Å²) < 4.78 is 0. The van der Waals surface area contributed by atoms with Crippen LogP contribution < -0.4 is 4.90 Å². The summed E-state index contributed by atoms with van der Waals surface area (Å²) in [4.78, 5) is 46.0. The third kappa shape index (κ3) is 2.87. The van der Waals surface area contributed by atoms with Gasteiger partial charge in [0.2, 0.25) is 0 Å². The molecule has 0 N–H and O–H groups in total. The van der Waals surface area contributed by atoms with Crippen LogP contribution in [0.2, 0.25) is 5.02 Å². The Morgan fingerprint density at radius 3 is 2.22 bits per heavy atom. The summed E-state index contributed by atoms with van der Waals surface area (Å²) >= 11 is 8.16. The van der Waals surface area contributed by atoms with Crippen molar-refractivity contribution in [1.29, 1.82) is 0 Å². The molecule has 0 amide bonds. The monoisotopic (exact) mass is 521 g/mol. The van der Waals surface area contributed by atoms with Gasteiger partial charge in [-0.25, -0.2) is 0 Å². The summed E-state index contributed by atoms with van der Waals surface area (Å²) in [6.45, 7) is 0. The number of anilines is 1. The van der Waals surface area contributed by atoms with Crippen molar-refractivity contribution in [1.82, 2.24) is 0 Å². The van der Waals surface area contributed by atoms with Gasteiger partial charge in [-0.3, -0.25) is 14.4 Å². The lowest BCUT2D eigenvalue weighted by atomic mass is 9.64. The summed E-state index contributed by atoms with van der Waals surface area (Å²) in [7, 11) is 0. The van der Waals surface area contributed by atoms with E-state index in [0.29, 0.717) is 26.6 Å². The van der Waals surface area contributed by atoms with E-state index in [4.69, 9.17) is 11.6 Å². The first kappa shape index (κ1) is 22.4. The maximum Gasteiger partial charge on any atom is 0.195 e. The topological polar surface area (TPSA) is 54.5 Å². The number of rotatable bonds is 3. The summed E-state index contributed by atoms with van der Waals surface area (Å²) in [6, 6.07) is 24.3. The van der Waals surface area contributed by atoms with Crippen LogP contribution in [0.1, 0.15) is 47.4 Å². The van der Waals surface area contributed by atoms with Gasteiger partial charge in [0, 0.05) is 27.8 Å². The second kappa shape index (κ2) is 8.10. The molecule has 180 valence electrons. The number of carbonyl (C=O) groups excluding carboxylic acids is 3. The standard InChI is InChI=1S/C31H20ClNO3S/c32-22-12-5-4-11-21(22)26-27(28(34)24-14-7-17-37-24)33-23-13-6-1-8-18(23)15-16-25(33)31(26)29(35)19-9-2-3-10-20(19)30(31)36/h1-17,25-27H/t25-,26+,27-/m1/s1. The first-order valence-corrected chi connectivity index (χ1v) is 13.4. The van der Waals surface area contributed by atoms with Gasteiger partial charge in [0.1, 0.15) is 11.5 Å². The van der Waals surface area contributed by atoms with Crippen LogP contribution in [-0.2, 0) is 0 Å². The van der Waals surface area contributed by atoms with Crippen molar-refractivity contribution in [2.45, 2.75) is 18.0 Å². The van der Waals surface area contributed by atoms with Crippen LogP contribution in [0, 0.1) is 5.41 Å². The minimum Gasteiger partial charge on any atom is -0.352 e. The molecule has 0 unspecified atom stereocenters. The van der Waals surface area contributed by atoms with Crippen LogP contribution in [-0.4, -0.2) is 29.4 Å². The van der Waals surface area contributed by atoms with E-state index < -0.39 is 23.4 Å². The maximum atomic E-state index is 14.5. The number of halogens is 1. The van der Waals surface area contributed by atoms with E-state index in [1.165, 1.54) is 11.3 Å². The first-order valence-electron chi connectivity index (χ1n) is 12.1. The minimum absolute atomic E-state index is 0.122. The molecule has 1 aromatic heterocycles. The molecule has 37 heavy (non-hydrogen) atoms. The molecule has 2 aliphatic heterocycles. The highest BCUT2D eigenvalue weighted by Crippen LogP contribution is 2.61. The lowest BCUT2D eigenvalue weighted by Crippen LogP contribution is -2.48. The molecule has 3 heterocycles. The molecule has 1 fully saturated rings. The fourth-order valence-electron chi connectivity index (χ4n) is 6.55. The van der Waals surface area contributed by atoms with Crippen LogP contribution in [0.5, 0.6) is 0 Å². The first-order chi connectivity index (χ1) is 18.0. The number of Topliss-reactive ketones (excluding diaryl/α,β-unsaturated/α-hetero) is 3. The van der Waals surface area contributed by atoms with E-state index in [-0.39, 0.29) is 17.3 Å². The number of nitrogens with zero attached hydrogens (tertiary/aromatic N) is 1. The highest BCUT2D eigenvalue weighted by Gasteiger charge is 2.71. The molecule has 4 aromatic rings. The Bertz CT molecular complexity index is 1600. The van der Waals surface area contributed by atoms with Gasteiger partial charge in [-0.1, -0.05) is 90.5 Å². The maximum absolute atomic E-state index is 14.5. The lowest BCUT2D eigenvalue weighted by molar-refractivity contribution is 0.0666. The largest absolute Gasteiger partial charge is 0.352 e. The summed E-state index contributed by atoms with van der Waals surface area (Å²) in [5.74, 6) is -1.41. The van der Waals surface area contributed by atoms with Crippen molar-refractivity contribution in [2.75, 3.05) is 4.90 Å². The predicted octanol–water partition coefficient (Wildman–Crippen LogP) is 6.72. The average molecular weight is 522 g/mol. The number of ketones is 3. The van der Waals surface area contributed by atoms with Gasteiger partial charge in [-0.15, -0.1) is 11.3 Å². The molecule has 3 atom stereocenters. The van der Waals surface area contributed by atoms with Crippen LogP contribution >= 0.6 is 22.9 Å². The Hall–Kier alpha value is -3.80. The summed E-state index contributed by atoms with van der Waals surface area (Å²) in [5.41, 5.74) is 1.68. The van der Waals surface area contributed by atoms with Gasteiger partial charge in [0.15, 0.2) is 17.3 Å². The Morgan fingerprint density at radius 1 is 0.838 bits per heavy atom. The SMILES string of the molecule is O=C(c1cccs1)[C@H]1[C@H](c2ccccc2Cl)C2(C(=O)c3ccccc3C2=O)[C@H]2C=Cc3ccccc3N12. The van der Waals surface area contributed by atoms with Crippen molar-refractivity contribution in [2.24, 2.45) is 5.41 Å². The van der Waals surface area contributed by atoms with Gasteiger partial charge in [0.25, 0.3) is 0 Å². The fourth-order valence-corrected chi connectivity index (χ4v) is 7.50. The van der Waals surface area contributed by atoms with Crippen LogP contribution in [0.3, 0.4) is 0 Å². The highest BCUT2D eigenvalue weighted by molar-refractivity contribution is 7.12. The van der Waals surface area contributed by atoms with E-state index in [0.717, 1.165) is 11.3 Å². The number of carbonyl (C=O) groups is 3. The second-order valence-corrected chi connectivity index (χ2v) is 11.0. The van der Waals surface area contributed by atoms with Crippen LogP contribution in [0.15, 0.2) is 96.4 Å². The molecule has 3 aromatic carbocycles. The Kier molecular flexibility index (Phi) is 4.91. The molecule has 3 aliphatic rings. The highest BCUT2D eigenvalue weighted by atomic mass is 35.5. The second-order valence-electron chi connectivity index (χ2n) is 9.63. The molecular weight excluding hydrogens is 502 g/mol. The summed E-state index contributed by atoms with van der Waals surface area (Å²) in [6.07, 6.45) is 3.89. The molecule has 0 saturated carbocycles. The minimum atomic E-state index is -1.53. The molecule has 6 heteroatoms. The molecule has 0 bridgehead atoms. The average Bonchev–Trinajstić information content (AvgIpc) is 3.62. The molecule has 7 rings (SSSR count). The van der Waals surface area contributed by atoms with E-state index in [2.05, 4.69) is 0 Å². The number of thiophene rings is 1. The molecule has 4 nitrogen and oxygen atoms in total. The Labute approximate surface area is 222 Å². The number of hydrogen-bond acceptors (Lipinski definition) is 5. The van der Waals surface area contributed by atoms with Gasteiger partial charge in [-0.05, 0) is 34.7 Å². The third-order valence-corrected chi connectivity index (χ3v) is 9.21. The lowest BCUT2D eigenvalue weighted by Gasteiger charge is -2.37. The predicted molar refractivity (Wildman–Crippen MR) is 146 cm³/mol.